The maximum absolute atomic E-state index is 12.9. The smallest absolute Gasteiger partial charge is 0.278 e. The number of aliphatic carboxylic acids is 1. The number of allylic oxidation sites excluding steroid dienone is 1. The second-order valence-electron chi connectivity index (χ2n) is 7.23. The number of β-lactam (4-membered cyclic amide) rings is 1. The number of aryl methyl sites for hydroxylation is 1. The molecule has 0 aliphatic carbocycles. The van der Waals surface area contributed by atoms with Crippen LogP contribution in [-0.4, -0.2) is 61.8 Å². The van der Waals surface area contributed by atoms with Crippen molar-refractivity contribution in [2.24, 2.45) is 12.2 Å². The van der Waals surface area contributed by atoms with Gasteiger partial charge in [0.1, 0.15) is 18.5 Å². The van der Waals surface area contributed by atoms with Gasteiger partial charge in [0.15, 0.2) is 11.3 Å². The lowest BCUT2D eigenvalue weighted by molar-refractivity contribution is -0.708. The molecule has 12 nitrogen and oxygen atoms in total. The maximum Gasteiger partial charge on any atom is 0.278 e. The summed E-state index contributed by atoms with van der Waals surface area (Å²) in [4.78, 5) is 46.8. The van der Waals surface area contributed by atoms with E-state index in [9.17, 15) is 23.9 Å². The first kappa shape index (κ1) is 25.6. The number of amides is 2. The number of nitrogens with two attached hydrogens (primary N) is 1. The van der Waals surface area contributed by atoms with Crippen LogP contribution in [0.4, 0.5) is 9.52 Å². The number of oxime groups is 1. The van der Waals surface area contributed by atoms with E-state index in [2.05, 4.69) is 24.7 Å². The summed E-state index contributed by atoms with van der Waals surface area (Å²) < 4.78 is 18.2. The summed E-state index contributed by atoms with van der Waals surface area (Å²) in [6, 6.07) is 4.62. The molecule has 2 aliphatic heterocycles. The number of fused-ring (bicyclic) bond motifs is 1. The zero-order valence-electron chi connectivity index (χ0n) is 18.5. The van der Waals surface area contributed by atoms with E-state index in [0.717, 1.165) is 21.5 Å². The molecule has 2 atom stereocenters. The van der Waals surface area contributed by atoms with Gasteiger partial charge >= 0.3 is 0 Å². The molecule has 2 aromatic heterocycles. The number of carboxylic acid groups (broad SMARTS) is 1. The van der Waals surface area contributed by atoms with Crippen molar-refractivity contribution in [1.29, 1.82) is 0 Å². The molecule has 2 amide bonds. The van der Waals surface area contributed by atoms with Gasteiger partial charge in [0.05, 0.1) is 11.7 Å². The van der Waals surface area contributed by atoms with E-state index >= 15 is 0 Å². The number of nitrogens with one attached hydrogen (secondary N) is 1. The molecule has 0 unspecified atom stereocenters. The summed E-state index contributed by atoms with van der Waals surface area (Å²) in [6.45, 7) is -1.30. The Balaban J connectivity index is 1.50. The van der Waals surface area contributed by atoms with Crippen molar-refractivity contribution in [3.8, 4) is 0 Å². The van der Waals surface area contributed by atoms with Crippen molar-refractivity contribution in [1.82, 2.24) is 19.6 Å². The molecule has 3 N–H and O–H groups in total. The number of nitrogens with zero attached hydrogens (tertiary/aromatic N) is 5. The fourth-order valence-corrected chi connectivity index (χ4v) is 5.90. The summed E-state index contributed by atoms with van der Waals surface area (Å²) in [5.74, 6) is -3.00. The van der Waals surface area contributed by atoms with Crippen molar-refractivity contribution in [3.63, 3.8) is 0 Å². The van der Waals surface area contributed by atoms with E-state index in [0.29, 0.717) is 5.57 Å². The fourth-order valence-electron chi connectivity index (χ4n) is 3.39. The molecule has 4 heterocycles. The normalized spacial score (nSPS) is 19.8. The number of pyridine rings is 1. The van der Waals surface area contributed by atoms with Gasteiger partial charge in [-0.25, -0.2) is 4.39 Å². The monoisotopic (exact) mass is 551 g/mol. The number of anilines is 1. The number of nitrogen functional groups attached to an aromatic ring is 1. The average molecular weight is 552 g/mol. The Hall–Kier alpha value is -3.50. The topological polar surface area (TPSA) is 167 Å². The third kappa shape index (κ3) is 5.19. The second-order valence-corrected chi connectivity index (χ2v) is 10.0. The third-order valence-electron chi connectivity index (χ3n) is 5.02. The van der Waals surface area contributed by atoms with Crippen LogP contribution in [0.2, 0.25) is 0 Å². The first-order valence-electron chi connectivity index (χ1n) is 10.1. The highest BCUT2D eigenvalue weighted by atomic mass is 32.2. The van der Waals surface area contributed by atoms with E-state index in [1.54, 1.807) is 11.5 Å². The number of carbonyl (C=O) groups is 3. The van der Waals surface area contributed by atoms with Gasteiger partial charge in [0.2, 0.25) is 16.6 Å². The maximum atomic E-state index is 12.9. The predicted molar refractivity (Wildman–Crippen MR) is 128 cm³/mol. The highest BCUT2D eigenvalue weighted by molar-refractivity contribution is 8.02. The number of carboxylic acids is 1. The summed E-state index contributed by atoms with van der Waals surface area (Å²) >= 11 is 3.45. The lowest BCUT2D eigenvalue weighted by atomic mass is 10.0. The molecule has 0 spiro atoms. The molecular weight excluding hydrogens is 533 g/mol. The van der Waals surface area contributed by atoms with Crippen LogP contribution in [0.25, 0.3) is 0 Å². The van der Waals surface area contributed by atoms with Crippen LogP contribution in [0.5, 0.6) is 0 Å². The summed E-state index contributed by atoms with van der Waals surface area (Å²) in [6.07, 6.45) is 3.51. The van der Waals surface area contributed by atoms with Crippen molar-refractivity contribution < 1.29 is 33.3 Å². The van der Waals surface area contributed by atoms with Crippen LogP contribution >= 0.6 is 35.1 Å². The Morgan fingerprint density at radius 1 is 1.50 bits per heavy atom. The van der Waals surface area contributed by atoms with Crippen molar-refractivity contribution >= 4 is 63.7 Å². The molecule has 1 fully saturated rings. The third-order valence-corrected chi connectivity index (χ3v) is 7.80. The number of hydrogen-bond acceptors (Lipinski definition) is 12. The van der Waals surface area contributed by atoms with E-state index in [1.807, 2.05) is 36.0 Å². The van der Waals surface area contributed by atoms with E-state index in [-0.39, 0.29) is 22.4 Å². The summed E-state index contributed by atoms with van der Waals surface area (Å²) in [7, 11) is 1.88. The Kier molecular flexibility index (Phi) is 7.85. The molecule has 0 radical (unpaired) electrons. The van der Waals surface area contributed by atoms with Crippen LogP contribution < -0.4 is 20.7 Å². The number of halogens is 1. The quantitative estimate of drug-likeness (QED) is 0.134. The lowest BCUT2D eigenvalue weighted by Gasteiger charge is -2.50. The predicted octanol–water partition coefficient (Wildman–Crippen LogP) is -0.698. The molecule has 0 saturated carbocycles. The minimum Gasteiger partial charge on any atom is -0.543 e. The van der Waals surface area contributed by atoms with Gasteiger partial charge in [0.25, 0.3) is 18.7 Å². The zero-order chi connectivity index (χ0) is 25.8. The number of thioether (sulfide) groups is 2. The molecule has 16 heteroatoms. The van der Waals surface area contributed by atoms with Crippen molar-refractivity contribution in [2.45, 2.75) is 16.4 Å². The van der Waals surface area contributed by atoms with Gasteiger partial charge in [-0.1, -0.05) is 5.16 Å². The number of carbonyl (C=O) groups excluding carboxylic acids is 3. The van der Waals surface area contributed by atoms with Crippen LogP contribution in [0.15, 0.2) is 57.3 Å². The SMILES string of the molecule is C[n+]1ccccc1S/C=C/C1=C(C(=O)[O-])N2C(=O)[C@@H](NC(=O)/C(=N\OCF)c3nsc(N)n3)[C@H]2SC1. The Bertz CT molecular complexity index is 1300. The van der Waals surface area contributed by atoms with Gasteiger partial charge in [-0.15, -0.1) is 11.8 Å². The minimum absolute atomic E-state index is 0.0444. The first-order valence-corrected chi connectivity index (χ1v) is 12.9. The Morgan fingerprint density at radius 3 is 2.97 bits per heavy atom. The van der Waals surface area contributed by atoms with Crippen LogP contribution in [0.1, 0.15) is 5.82 Å². The zero-order valence-corrected chi connectivity index (χ0v) is 20.9. The van der Waals surface area contributed by atoms with E-state index < -0.39 is 41.8 Å². The second kappa shape index (κ2) is 11.0. The van der Waals surface area contributed by atoms with Gasteiger partial charge in [-0.2, -0.15) is 13.9 Å². The fraction of sp³-hybridized carbons (Fsp3) is 0.250. The molecular formula is C20H18FN7O5S3. The average Bonchev–Trinajstić information content (AvgIpc) is 3.29. The number of rotatable bonds is 9. The molecule has 36 heavy (non-hydrogen) atoms. The largest absolute Gasteiger partial charge is 0.543 e. The van der Waals surface area contributed by atoms with Gasteiger partial charge in [0, 0.05) is 29.4 Å². The van der Waals surface area contributed by atoms with E-state index in [4.69, 9.17) is 5.73 Å². The van der Waals surface area contributed by atoms with E-state index in [1.165, 1.54) is 23.5 Å². The summed E-state index contributed by atoms with van der Waals surface area (Å²) in [5, 5.41) is 19.8. The van der Waals surface area contributed by atoms with Crippen LogP contribution in [-0.2, 0) is 26.3 Å². The number of hydrogen-bond donors (Lipinski definition) is 2. The molecule has 0 aromatic carbocycles. The first-order chi connectivity index (χ1) is 17.3. The van der Waals surface area contributed by atoms with Crippen molar-refractivity contribution in [2.75, 3.05) is 18.3 Å². The lowest BCUT2D eigenvalue weighted by Crippen LogP contribution is -2.71. The minimum atomic E-state index is -1.51. The molecule has 1 saturated heterocycles. The Labute approximate surface area is 216 Å². The molecule has 0 bridgehead atoms. The molecule has 188 valence electrons. The highest BCUT2D eigenvalue weighted by Crippen LogP contribution is 2.40. The van der Waals surface area contributed by atoms with Crippen LogP contribution in [0.3, 0.4) is 0 Å². The molecule has 2 aromatic rings. The highest BCUT2D eigenvalue weighted by Gasteiger charge is 2.53. The standard InChI is InChI=1S/C20H18FN7O5S3/c1-27-6-3-2-4-11(27)34-7-5-10-8-35-18-13(17(30)28(18)14(10)19(31)32)23-16(29)12(25-33-9-21)15-24-20(22)36-26-15/h2-7,13,18H,8-9H2,1H3,(H3-,22,23,24,26,29,31,32)/b7-5+,25-12-/t13-,18-/m1/s1. The van der Waals surface area contributed by atoms with Gasteiger partial charge < -0.3 is 25.8 Å². The number of alkyl halides is 1. The Morgan fingerprint density at radius 2 is 2.31 bits per heavy atom. The van der Waals surface area contributed by atoms with Gasteiger partial charge in [-0.3, -0.25) is 14.5 Å². The summed E-state index contributed by atoms with van der Waals surface area (Å²) in [5.41, 5.74) is 5.20. The molecule has 4 rings (SSSR count). The van der Waals surface area contributed by atoms with Crippen LogP contribution in [0, 0.1) is 0 Å². The van der Waals surface area contributed by atoms with Crippen molar-refractivity contribution in [3.05, 3.63) is 53.0 Å². The number of aromatic nitrogens is 3. The van der Waals surface area contributed by atoms with Gasteiger partial charge in [-0.05, 0) is 34.9 Å². The molecule has 2 aliphatic rings.